The Morgan fingerprint density at radius 2 is 1.88 bits per heavy atom. The van der Waals surface area contributed by atoms with Crippen molar-refractivity contribution in [1.82, 2.24) is 24.8 Å². The molecule has 10 nitrogen and oxygen atoms in total. The van der Waals surface area contributed by atoms with E-state index in [1.54, 1.807) is 49.9 Å². The Hall–Kier alpha value is -4.34. The van der Waals surface area contributed by atoms with E-state index >= 15 is 4.39 Å². The summed E-state index contributed by atoms with van der Waals surface area (Å²) >= 11 is 6.42. The number of hydrogen-bond acceptors (Lipinski definition) is 9. The van der Waals surface area contributed by atoms with Gasteiger partial charge in [-0.25, -0.2) is 13.6 Å². The molecule has 50 heavy (non-hydrogen) atoms. The third-order valence-electron chi connectivity index (χ3n) is 9.94. The molecule has 262 valence electrons. The lowest BCUT2D eigenvalue weighted by molar-refractivity contribution is 0.0145. The molecular weight excluding hydrogens is 664 g/mol. The number of halogens is 3. The van der Waals surface area contributed by atoms with Crippen LogP contribution in [0.15, 0.2) is 36.5 Å². The van der Waals surface area contributed by atoms with Gasteiger partial charge in [0.15, 0.2) is 5.82 Å². The lowest BCUT2D eigenvalue weighted by atomic mass is 9.91. The Kier molecular flexibility index (Phi) is 9.39. The summed E-state index contributed by atoms with van der Waals surface area (Å²) in [4.78, 5) is 33.1. The van der Waals surface area contributed by atoms with Gasteiger partial charge in [0.05, 0.1) is 28.9 Å². The van der Waals surface area contributed by atoms with E-state index in [1.165, 1.54) is 31.5 Å². The SMILES string of the molecule is CC(C)(C)OC(=O)N1CCN(c2nc(OC[C@@H]3CCCN3C3CCC3)nc3c(F)c(-c4cccc5ccc(F)c(Cl)c45)ncc23)C[C@@H]1CC#N. The zero-order valence-electron chi connectivity index (χ0n) is 28.5. The standard InChI is InChI=1S/C37H40ClF2N7O3/c1-37(2,3)50-36(48)47-18-17-45(20-24(47)14-15-41)34-27-19-42-32(26-11-4-7-22-12-13-28(39)30(38)29(22)26)31(40)33(27)43-35(44-34)49-21-25-10-6-16-46(25)23-8-5-9-23/h4,7,11-13,19,23-25H,5-6,8-10,14,16-18,20-21H2,1-3H3/t24-,25-/m0/s1. The number of hydrogen-bond donors (Lipinski definition) is 0. The fourth-order valence-corrected chi connectivity index (χ4v) is 7.59. The van der Waals surface area contributed by atoms with Crippen molar-refractivity contribution in [3.05, 3.63) is 53.2 Å². The van der Waals surface area contributed by atoms with Gasteiger partial charge in [0.1, 0.15) is 35.1 Å². The maximum Gasteiger partial charge on any atom is 0.410 e. The highest BCUT2D eigenvalue weighted by molar-refractivity contribution is 6.36. The first kappa shape index (κ1) is 34.1. The van der Waals surface area contributed by atoms with Crippen LogP contribution < -0.4 is 9.64 Å². The number of anilines is 1. The molecule has 4 aromatic rings. The molecule has 0 radical (unpaired) electrons. The van der Waals surface area contributed by atoms with Gasteiger partial charge in [-0.3, -0.25) is 9.88 Å². The monoisotopic (exact) mass is 703 g/mol. The van der Waals surface area contributed by atoms with Crippen molar-refractivity contribution in [3.63, 3.8) is 0 Å². The Bertz CT molecular complexity index is 1980. The van der Waals surface area contributed by atoms with Crippen LogP contribution in [0, 0.1) is 23.0 Å². The van der Waals surface area contributed by atoms with E-state index in [0.717, 1.165) is 19.4 Å². The average molecular weight is 704 g/mol. The van der Waals surface area contributed by atoms with Crippen LogP contribution in [-0.2, 0) is 4.74 Å². The fourth-order valence-electron chi connectivity index (χ4n) is 7.32. The minimum Gasteiger partial charge on any atom is -0.462 e. The van der Waals surface area contributed by atoms with Crippen molar-refractivity contribution in [3.8, 4) is 23.3 Å². The van der Waals surface area contributed by atoms with Crippen molar-refractivity contribution in [2.45, 2.75) is 83.0 Å². The predicted octanol–water partition coefficient (Wildman–Crippen LogP) is 7.51. The quantitative estimate of drug-likeness (QED) is 0.193. The number of amides is 1. The van der Waals surface area contributed by atoms with E-state index in [2.05, 4.69) is 20.9 Å². The van der Waals surface area contributed by atoms with Crippen molar-refractivity contribution < 1.29 is 23.0 Å². The zero-order valence-corrected chi connectivity index (χ0v) is 29.2. The summed E-state index contributed by atoms with van der Waals surface area (Å²) in [5.74, 6) is -0.950. The second-order valence-corrected chi connectivity index (χ2v) is 14.7. The summed E-state index contributed by atoms with van der Waals surface area (Å²) in [6, 6.07) is 10.5. The number of benzene rings is 2. The number of rotatable bonds is 7. The predicted molar refractivity (Wildman–Crippen MR) is 187 cm³/mol. The number of nitrogens with zero attached hydrogens (tertiary/aromatic N) is 7. The van der Waals surface area contributed by atoms with E-state index in [-0.39, 0.29) is 47.8 Å². The van der Waals surface area contributed by atoms with Crippen molar-refractivity contribution >= 4 is 45.2 Å². The fraction of sp³-hybridized carbons (Fsp3) is 0.486. The molecule has 0 spiro atoms. The third kappa shape index (κ3) is 6.61. The van der Waals surface area contributed by atoms with E-state index in [4.69, 9.17) is 26.1 Å². The molecular formula is C37H40ClF2N7O3. The number of carbonyl (C=O) groups is 1. The Morgan fingerprint density at radius 1 is 1.06 bits per heavy atom. The zero-order chi connectivity index (χ0) is 35.2. The van der Waals surface area contributed by atoms with E-state index < -0.39 is 29.4 Å². The topological polar surface area (TPSA) is 108 Å². The summed E-state index contributed by atoms with van der Waals surface area (Å²) in [6.07, 6.45) is 6.79. The van der Waals surface area contributed by atoms with Gasteiger partial charge in [0.2, 0.25) is 0 Å². The molecule has 3 fully saturated rings. The lowest BCUT2D eigenvalue weighted by Gasteiger charge is -2.41. The van der Waals surface area contributed by atoms with Crippen LogP contribution in [0.2, 0.25) is 5.02 Å². The number of fused-ring (bicyclic) bond motifs is 2. The minimum absolute atomic E-state index is 0.00629. The number of piperazine rings is 1. The number of ether oxygens (including phenoxy) is 2. The normalized spacial score (nSPS) is 20.3. The molecule has 4 heterocycles. The summed E-state index contributed by atoms with van der Waals surface area (Å²) in [5.41, 5.74) is -0.408. The van der Waals surface area contributed by atoms with Gasteiger partial charge in [0, 0.05) is 48.9 Å². The first-order valence-electron chi connectivity index (χ1n) is 17.3. The van der Waals surface area contributed by atoms with Gasteiger partial charge >= 0.3 is 12.1 Å². The number of carbonyl (C=O) groups excluding carboxylic acids is 1. The minimum atomic E-state index is -0.721. The molecule has 2 saturated heterocycles. The maximum atomic E-state index is 16.8. The van der Waals surface area contributed by atoms with E-state index in [9.17, 15) is 14.4 Å². The first-order chi connectivity index (χ1) is 24.0. The summed E-state index contributed by atoms with van der Waals surface area (Å²) < 4.78 is 43.4. The van der Waals surface area contributed by atoms with Gasteiger partial charge in [-0.2, -0.15) is 15.2 Å². The summed E-state index contributed by atoms with van der Waals surface area (Å²) in [7, 11) is 0. The second-order valence-electron chi connectivity index (χ2n) is 14.3. The van der Waals surface area contributed by atoms with Crippen LogP contribution in [0.1, 0.15) is 59.3 Å². The number of pyridine rings is 1. The Morgan fingerprint density at radius 3 is 2.62 bits per heavy atom. The number of likely N-dealkylation sites (tertiary alicyclic amines) is 1. The van der Waals surface area contributed by atoms with Crippen LogP contribution in [0.3, 0.4) is 0 Å². The molecule has 0 bridgehead atoms. The van der Waals surface area contributed by atoms with Gasteiger partial charge in [-0.15, -0.1) is 0 Å². The van der Waals surface area contributed by atoms with Crippen LogP contribution in [0.4, 0.5) is 19.4 Å². The van der Waals surface area contributed by atoms with Crippen molar-refractivity contribution in [2.24, 2.45) is 0 Å². The number of aromatic nitrogens is 3. The molecule has 0 N–H and O–H groups in total. The van der Waals surface area contributed by atoms with Crippen LogP contribution >= 0.6 is 11.6 Å². The highest BCUT2D eigenvalue weighted by Gasteiger charge is 2.36. The van der Waals surface area contributed by atoms with Gasteiger partial charge in [0.25, 0.3) is 0 Å². The summed E-state index contributed by atoms with van der Waals surface area (Å²) in [6.45, 7) is 7.63. The van der Waals surface area contributed by atoms with E-state index in [1.807, 2.05) is 4.90 Å². The molecule has 3 aliphatic rings. The van der Waals surface area contributed by atoms with Crippen molar-refractivity contribution in [1.29, 1.82) is 5.26 Å². The molecule has 2 aromatic carbocycles. The van der Waals surface area contributed by atoms with Gasteiger partial charge in [-0.1, -0.05) is 42.3 Å². The molecule has 0 unspecified atom stereocenters. The summed E-state index contributed by atoms with van der Waals surface area (Å²) in [5, 5.41) is 10.9. The van der Waals surface area contributed by atoms with Crippen LogP contribution in [0.25, 0.3) is 32.9 Å². The third-order valence-corrected chi connectivity index (χ3v) is 10.3. The largest absolute Gasteiger partial charge is 0.462 e. The second kappa shape index (κ2) is 13.8. The Balaban J connectivity index is 1.29. The highest BCUT2D eigenvalue weighted by Crippen LogP contribution is 2.39. The molecule has 1 saturated carbocycles. The molecule has 2 atom stereocenters. The molecule has 13 heteroatoms. The average Bonchev–Trinajstić information content (AvgIpc) is 3.51. The smallest absolute Gasteiger partial charge is 0.410 e. The van der Waals surface area contributed by atoms with Gasteiger partial charge < -0.3 is 19.3 Å². The molecule has 2 aromatic heterocycles. The van der Waals surface area contributed by atoms with Crippen LogP contribution in [-0.4, -0.2) is 87.4 Å². The van der Waals surface area contributed by atoms with Crippen LogP contribution in [0.5, 0.6) is 6.01 Å². The first-order valence-corrected chi connectivity index (χ1v) is 17.6. The Labute approximate surface area is 294 Å². The molecule has 1 amide bonds. The maximum absolute atomic E-state index is 16.8. The molecule has 7 rings (SSSR count). The molecule has 1 aliphatic carbocycles. The van der Waals surface area contributed by atoms with Gasteiger partial charge in [-0.05, 0) is 64.5 Å². The highest BCUT2D eigenvalue weighted by atomic mass is 35.5. The van der Waals surface area contributed by atoms with E-state index in [0.29, 0.717) is 46.7 Å². The number of nitriles is 1. The lowest BCUT2D eigenvalue weighted by Crippen LogP contribution is -2.56. The van der Waals surface area contributed by atoms with Crippen molar-refractivity contribution in [2.75, 3.05) is 37.7 Å². The molecule has 2 aliphatic heterocycles.